The monoisotopic (exact) mass is 385 g/mol. The van der Waals surface area contributed by atoms with E-state index >= 15 is 0 Å². The van der Waals surface area contributed by atoms with E-state index in [9.17, 15) is 9.90 Å². The molecule has 8 heteroatoms. The van der Waals surface area contributed by atoms with Gasteiger partial charge in [0.2, 0.25) is 0 Å². The Hall–Kier alpha value is -1.50. The van der Waals surface area contributed by atoms with Crippen molar-refractivity contribution >= 4 is 14.5 Å². The zero-order chi connectivity index (χ0) is 19.4. The van der Waals surface area contributed by atoms with Gasteiger partial charge in [-0.2, -0.15) is 0 Å². The van der Waals surface area contributed by atoms with Crippen molar-refractivity contribution in [2.45, 2.75) is 38.5 Å². The second kappa shape index (κ2) is 12.8. The maximum Gasteiger partial charge on any atom is 0.323 e. The number of aliphatic hydroxyl groups excluding tert-OH is 1. The second-order valence-corrected chi connectivity index (χ2v) is 6.78. The molecule has 0 amide bonds. The minimum Gasteiger partial charge on any atom is -0.464 e. The van der Waals surface area contributed by atoms with Crippen molar-refractivity contribution in [1.82, 2.24) is 5.09 Å². The summed E-state index contributed by atoms with van der Waals surface area (Å²) in [6.45, 7) is 7.26. The van der Waals surface area contributed by atoms with Gasteiger partial charge >= 0.3 is 14.5 Å². The van der Waals surface area contributed by atoms with E-state index in [0.29, 0.717) is 12.2 Å². The standard InChI is InChI=1S/C18H28NO6P/c1-5-6-12-23-18(21)14(2)19-26(24-13-17(22-4)15(3)20)25-16-10-8-7-9-11-16/h5,7-11,14-15,17,19-20H,1,6,12-13H2,2-4H3. The van der Waals surface area contributed by atoms with Crippen LogP contribution in [0.5, 0.6) is 5.75 Å². The summed E-state index contributed by atoms with van der Waals surface area (Å²) in [7, 11) is -0.158. The molecule has 0 bridgehead atoms. The summed E-state index contributed by atoms with van der Waals surface area (Å²) in [5, 5.41) is 12.7. The number of methoxy groups -OCH3 is 1. The molecule has 7 nitrogen and oxygen atoms in total. The Morgan fingerprint density at radius 3 is 2.62 bits per heavy atom. The van der Waals surface area contributed by atoms with Crippen molar-refractivity contribution in [3.05, 3.63) is 43.0 Å². The van der Waals surface area contributed by atoms with Gasteiger partial charge in [0, 0.05) is 7.11 Å². The van der Waals surface area contributed by atoms with Crippen LogP contribution < -0.4 is 9.61 Å². The normalized spacial score (nSPS) is 15.5. The number of hydrogen-bond donors (Lipinski definition) is 2. The van der Waals surface area contributed by atoms with Crippen molar-refractivity contribution in [2.75, 3.05) is 20.3 Å². The third kappa shape index (κ3) is 8.74. The predicted octanol–water partition coefficient (Wildman–Crippen LogP) is 2.80. The summed E-state index contributed by atoms with van der Waals surface area (Å²) in [6, 6.07) is 8.50. The van der Waals surface area contributed by atoms with Gasteiger partial charge in [-0.3, -0.25) is 4.79 Å². The summed E-state index contributed by atoms with van der Waals surface area (Å²) in [6.07, 6.45) is 1.07. The zero-order valence-electron chi connectivity index (χ0n) is 15.5. The molecule has 4 unspecified atom stereocenters. The highest BCUT2D eigenvalue weighted by Crippen LogP contribution is 2.36. The van der Waals surface area contributed by atoms with Crippen LogP contribution in [0.15, 0.2) is 43.0 Å². The van der Waals surface area contributed by atoms with E-state index in [1.165, 1.54) is 7.11 Å². The number of hydrogen-bond acceptors (Lipinski definition) is 7. The summed E-state index contributed by atoms with van der Waals surface area (Å²) in [5.74, 6) is 0.197. The number of aliphatic hydroxyl groups is 1. The molecule has 1 rings (SSSR count). The van der Waals surface area contributed by atoms with Gasteiger partial charge < -0.3 is 23.6 Å². The molecule has 0 aliphatic heterocycles. The summed E-state index contributed by atoms with van der Waals surface area (Å²) >= 11 is 0. The van der Waals surface area contributed by atoms with Gasteiger partial charge in [0.15, 0.2) is 0 Å². The average molecular weight is 385 g/mol. The lowest BCUT2D eigenvalue weighted by Gasteiger charge is -2.24. The first-order chi connectivity index (χ1) is 12.5. The van der Waals surface area contributed by atoms with E-state index in [1.807, 2.05) is 18.2 Å². The Morgan fingerprint density at radius 1 is 1.35 bits per heavy atom. The van der Waals surface area contributed by atoms with E-state index in [0.717, 1.165) is 0 Å². The number of esters is 1. The molecule has 0 aliphatic carbocycles. The summed E-state index contributed by atoms with van der Waals surface area (Å²) in [4.78, 5) is 12.0. The largest absolute Gasteiger partial charge is 0.464 e. The molecule has 0 fully saturated rings. The van der Waals surface area contributed by atoms with E-state index in [4.69, 9.17) is 18.5 Å². The molecule has 0 saturated carbocycles. The fraction of sp³-hybridized carbons (Fsp3) is 0.500. The maximum absolute atomic E-state index is 12.0. The quantitative estimate of drug-likeness (QED) is 0.234. The van der Waals surface area contributed by atoms with Gasteiger partial charge in [0.25, 0.3) is 0 Å². The molecular weight excluding hydrogens is 357 g/mol. The molecule has 0 aliphatic rings. The Labute approximate surface area is 156 Å². The SMILES string of the molecule is C=CCCOC(=O)C(C)NP(OCC(OC)C(C)O)Oc1ccccc1. The maximum atomic E-state index is 12.0. The van der Waals surface area contributed by atoms with Gasteiger partial charge in [0.05, 0.1) is 19.3 Å². The lowest BCUT2D eigenvalue weighted by molar-refractivity contribution is -0.145. The highest BCUT2D eigenvalue weighted by Gasteiger charge is 2.25. The molecule has 0 saturated heterocycles. The highest BCUT2D eigenvalue weighted by molar-refractivity contribution is 7.45. The fourth-order valence-corrected chi connectivity index (χ4v) is 2.99. The zero-order valence-corrected chi connectivity index (χ0v) is 16.4. The Balaban J connectivity index is 2.66. The Bertz CT molecular complexity index is 528. The van der Waals surface area contributed by atoms with Gasteiger partial charge in [0.1, 0.15) is 17.9 Å². The smallest absolute Gasteiger partial charge is 0.323 e. The van der Waals surface area contributed by atoms with E-state index in [-0.39, 0.29) is 13.2 Å². The molecule has 4 atom stereocenters. The molecule has 2 N–H and O–H groups in total. The van der Waals surface area contributed by atoms with Gasteiger partial charge in [-0.15, -0.1) is 6.58 Å². The van der Waals surface area contributed by atoms with Crippen LogP contribution in [-0.4, -0.2) is 49.6 Å². The van der Waals surface area contributed by atoms with Gasteiger partial charge in [-0.1, -0.05) is 24.3 Å². The van der Waals surface area contributed by atoms with E-state index < -0.39 is 32.7 Å². The third-order valence-corrected chi connectivity index (χ3v) is 4.71. The minimum absolute atomic E-state index is 0.109. The summed E-state index contributed by atoms with van der Waals surface area (Å²) < 4.78 is 21.9. The lowest BCUT2D eigenvalue weighted by Crippen LogP contribution is -2.35. The van der Waals surface area contributed by atoms with Crippen LogP contribution in [0.4, 0.5) is 0 Å². The molecule has 1 aromatic rings. The Morgan fingerprint density at radius 2 is 2.04 bits per heavy atom. The molecule has 0 aromatic heterocycles. The molecule has 146 valence electrons. The van der Waals surface area contributed by atoms with Crippen molar-refractivity contribution in [3.8, 4) is 5.75 Å². The number of rotatable bonds is 13. The van der Waals surface area contributed by atoms with Crippen LogP contribution in [0.2, 0.25) is 0 Å². The lowest BCUT2D eigenvalue weighted by atomic mass is 10.2. The van der Waals surface area contributed by atoms with Crippen molar-refractivity contribution < 1.29 is 28.4 Å². The van der Waals surface area contributed by atoms with Gasteiger partial charge in [-0.05, 0) is 32.4 Å². The van der Waals surface area contributed by atoms with Crippen LogP contribution in [0, 0.1) is 0 Å². The number of nitrogens with one attached hydrogen (secondary N) is 1. The molecule has 1 aromatic carbocycles. The van der Waals surface area contributed by atoms with E-state index in [1.54, 1.807) is 32.1 Å². The van der Waals surface area contributed by atoms with Crippen molar-refractivity contribution in [1.29, 1.82) is 0 Å². The number of ether oxygens (including phenoxy) is 2. The first-order valence-electron chi connectivity index (χ1n) is 8.38. The minimum atomic E-state index is -1.65. The van der Waals surface area contributed by atoms with Crippen LogP contribution in [0.1, 0.15) is 20.3 Å². The van der Waals surface area contributed by atoms with Crippen LogP contribution in [-0.2, 0) is 18.8 Å². The molecule has 0 heterocycles. The number of carbonyl (C=O) groups excluding carboxylic acids is 1. The molecule has 26 heavy (non-hydrogen) atoms. The number of benzene rings is 1. The first kappa shape index (κ1) is 22.5. The molecule has 0 spiro atoms. The van der Waals surface area contributed by atoms with Crippen molar-refractivity contribution in [2.24, 2.45) is 0 Å². The van der Waals surface area contributed by atoms with Crippen LogP contribution >= 0.6 is 8.53 Å². The number of para-hydroxylation sites is 1. The molecular formula is C18H28NO6P. The predicted molar refractivity (Wildman–Crippen MR) is 101 cm³/mol. The van der Waals surface area contributed by atoms with Gasteiger partial charge in [-0.25, -0.2) is 5.09 Å². The first-order valence-corrected chi connectivity index (χ1v) is 9.56. The fourth-order valence-electron chi connectivity index (χ4n) is 1.79. The highest BCUT2D eigenvalue weighted by atomic mass is 31.2. The van der Waals surface area contributed by atoms with E-state index in [2.05, 4.69) is 11.7 Å². The van der Waals surface area contributed by atoms with Crippen LogP contribution in [0.25, 0.3) is 0 Å². The average Bonchev–Trinajstić information content (AvgIpc) is 2.62. The van der Waals surface area contributed by atoms with Crippen LogP contribution in [0.3, 0.4) is 0 Å². The van der Waals surface area contributed by atoms with Crippen molar-refractivity contribution in [3.63, 3.8) is 0 Å². The summed E-state index contributed by atoms with van der Waals surface area (Å²) in [5.41, 5.74) is 0. The Kier molecular flexibility index (Phi) is 11.1. The molecule has 0 radical (unpaired) electrons. The second-order valence-electron chi connectivity index (χ2n) is 5.57. The third-order valence-electron chi connectivity index (χ3n) is 3.35. The number of carbonyl (C=O) groups is 1. The topological polar surface area (TPSA) is 86.3 Å².